The fraction of sp³-hybridized carbons (Fsp3) is 0.200. The highest BCUT2D eigenvalue weighted by atomic mass is 32.2. The second-order valence-corrected chi connectivity index (χ2v) is 6.71. The summed E-state index contributed by atoms with van der Waals surface area (Å²) in [4.78, 5) is 9.37. The van der Waals surface area contributed by atoms with Crippen molar-refractivity contribution in [2.24, 2.45) is 0 Å². The number of hydrogen-bond acceptors (Lipinski definition) is 5. The molecule has 0 amide bonds. The van der Waals surface area contributed by atoms with Crippen LogP contribution in [0.4, 0.5) is 18.9 Å². The van der Waals surface area contributed by atoms with E-state index >= 15 is 0 Å². The number of rotatable bonds is 5. The highest BCUT2D eigenvalue weighted by Crippen LogP contribution is 2.38. The van der Waals surface area contributed by atoms with Gasteiger partial charge in [-0.3, -0.25) is 10.1 Å². The fourth-order valence-electron chi connectivity index (χ4n) is 1.96. The zero-order valence-electron chi connectivity index (χ0n) is 12.7. The number of nitro groups is 1. The molecule has 0 radical (unpaired) electrons. The van der Waals surface area contributed by atoms with Gasteiger partial charge in [-0.2, -0.15) is 21.6 Å². The summed E-state index contributed by atoms with van der Waals surface area (Å²) in [5, 5.41) is 10.6. The van der Waals surface area contributed by atoms with Crippen LogP contribution in [0.2, 0.25) is 0 Å². The van der Waals surface area contributed by atoms with Gasteiger partial charge < -0.3 is 0 Å². The normalized spacial score (nSPS) is 13.4. The van der Waals surface area contributed by atoms with E-state index in [2.05, 4.69) is 4.18 Å². The van der Waals surface area contributed by atoms with Crippen LogP contribution in [0.1, 0.15) is 17.2 Å². The second-order valence-electron chi connectivity index (χ2n) is 5.13. The van der Waals surface area contributed by atoms with Crippen LogP contribution in [0.25, 0.3) is 0 Å². The third-order valence-electron chi connectivity index (χ3n) is 3.24. The molecule has 2 aromatic carbocycles. The van der Waals surface area contributed by atoms with Crippen LogP contribution in [0.5, 0.6) is 0 Å². The van der Waals surface area contributed by atoms with Gasteiger partial charge >= 0.3 is 6.18 Å². The lowest BCUT2D eigenvalue weighted by molar-refractivity contribution is -0.384. The van der Waals surface area contributed by atoms with Gasteiger partial charge in [0.05, 0.1) is 9.82 Å². The van der Waals surface area contributed by atoms with Crippen LogP contribution in [0.3, 0.4) is 0 Å². The lowest BCUT2D eigenvalue weighted by Crippen LogP contribution is -2.26. The van der Waals surface area contributed by atoms with E-state index in [0.29, 0.717) is 0 Å². The molecule has 0 bridgehead atoms. The molecule has 0 saturated heterocycles. The van der Waals surface area contributed by atoms with Gasteiger partial charge in [-0.25, -0.2) is 4.18 Å². The molecule has 1 atom stereocenters. The minimum absolute atomic E-state index is 0.422. The van der Waals surface area contributed by atoms with Crippen molar-refractivity contribution in [2.45, 2.75) is 24.1 Å². The standard InChI is InChI=1S/C15H12F3NO5S/c1-10-2-8-13(9-3-10)25(22,23)24-14(15(16,17)18)11-4-6-12(7-5-11)19(20)21/h2-9,14H,1H3/t14-/m1/s1. The maximum absolute atomic E-state index is 13.3. The topological polar surface area (TPSA) is 86.5 Å². The molecule has 2 rings (SSSR count). The number of aryl methyl sites for hydroxylation is 1. The quantitative estimate of drug-likeness (QED) is 0.449. The first-order valence-electron chi connectivity index (χ1n) is 6.82. The Balaban J connectivity index is 2.38. The number of hydrogen-bond donors (Lipinski definition) is 0. The molecule has 0 saturated carbocycles. The number of nitrogens with zero attached hydrogens (tertiary/aromatic N) is 1. The highest BCUT2D eigenvalue weighted by molar-refractivity contribution is 7.86. The summed E-state index contributed by atoms with van der Waals surface area (Å²) in [6, 6.07) is 8.41. The minimum Gasteiger partial charge on any atom is -0.258 e. The molecule has 0 heterocycles. The Morgan fingerprint density at radius 1 is 1.04 bits per heavy atom. The smallest absolute Gasteiger partial charge is 0.258 e. The number of non-ortho nitro benzene ring substituents is 1. The van der Waals surface area contributed by atoms with E-state index in [1.54, 1.807) is 6.92 Å². The fourth-order valence-corrected chi connectivity index (χ4v) is 3.01. The maximum Gasteiger partial charge on any atom is 0.420 e. The summed E-state index contributed by atoms with van der Waals surface area (Å²) in [5.74, 6) is 0. The lowest BCUT2D eigenvalue weighted by atomic mass is 10.1. The summed E-state index contributed by atoms with van der Waals surface area (Å²) in [7, 11) is -4.69. The van der Waals surface area contributed by atoms with Crippen molar-refractivity contribution in [1.29, 1.82) is 0 Å². The van der Waals surface area contributed by atoms with Gasteiger partial charge in [-0.05, 0) is 36.8 Å². The molecule has 0 unspecified atom stereocenters. The van der Waals surface area contributed by atoms with E-state index in [4.69, 9.17) is 0 Å². The SMILES string of the molecule is Cc1ccc(S(=O)(=O)O[C@H](c2ccc([N+](=O)[O-])cc2)C(F)(F)F)cc1. The molecular weight excluding hydrogens is 363 g/mol. The summed E-state index contributed by atoms with van der Waals surface area (Å²) in [6.07, 6.45) is -7.81. The van der Waals surface area contributed by atoms with Gasteiger partial charge in [0.15, 0.2) is 6.10 Å². The molecule has 134 valence electrons. The molecule has 0 aromatic heterocycles. The van der Waals surface area contributed by atoms with Gasteiger partial charge in [0, 0.05) is 12.1 Å². The predicted molar refractivity (Wildman–Crippen MR) is 81.3 cm³/mol. The lowest BCUT2D eigenvalue weighted by Gasteiger charge is -2.20. The number of halogens is 3. The van der Waals surface area contributed by atoms with Gasteiger partial charge in [0.2, 0.25) is 0 Å². The molecule has 0 fully saturated rings. The van der Waals surface area contributed by atoms with Crippen molar-refractivity contribution in [3.8, 4) is 0 Å². The molecule has 0 N–H and O–H groups in total. The number of alkyl halides is 3. The van der Waals surface area contributed by atoms with Crippen molar-refractivity contribution in [3.63, 3.8) is 0 Å². The third kappa shape index (κ3) is 4.54. The van der Waals surface area contributed by atoms with Crippen molar-refractivity contribution in [3.05, 3.63) is 69.8 Å². The Labute approximate surface area is 141 Å². The maximum atomic E-state index is 13.3. The van der Waals surface area contributed by atoms with Gasteiger partial charge in [0.25, 0.3) is 15.8 Å². The average molecular weight is 375 g/mol. The molecule has 2 aromatic rings. The number of nitro benzene ring substituents is 1. The van der Waals surface area contributed by atoms with Crippen LogP contribution < -0.4 is 0 Å². The minimum atomic E-state index is -5.03. The molecule has 0 aliphatic carbocycles. The van der Waals surface area contributed by atoms with E-state index in [9.17, 15) is 31.7 Å². The molecular formula is C15H12F3NO5S. The summed E-state index contributed by atoms with van der Waals surface area (Å²) >= 11 is 0. The third-order valence-corrected chi connectivity index (χ3v) is 4.53. The van der Waals surface area contributed by atoms with Crippen molar-refractivity contribution in [2.75, 3.05) is 0 Å². The molecule has 6 nitrogen and oxygen atoms in total. The molecule has 25 heavy (non-hydrogen) atoms. The Hall–Kier alpha value is -2.46. The molecule has 0 aliphatic heterocycles. The van der Waals surface area contributed by atoms with Crippen LogP contribution in [0, 0.1) is 17.0 Å². The Morgan fingerprint density at radius 2 is 1.56 bits per heavy atom. The Bertz CT molecular complexity index is 862. The monoisotopic (exact) mass is 375 g/mol. The summed E-state index contributed by atoms with van der Waals surface area (Å²) in [5.41, 5.74) is -0.262. The van der Waals surface area contributed by atoms with Crippen LogP contribution in [-0.4, -0.2) is 19.5 Å². The average Bonchev–Trinajstić information content (AvgIpc) is 2.52. The van der Waals surface area contributed by atoms with Crippen molar-refractivity contribution < 1.29 is 30.7 Å². The van der Waals surface area contributed by atoms with E-state index in [1.165, 1.54) is 12.1 Å². The Kier molecular flexibility index (Phi) is 5.14. The van der Waals surface area contributed by atoms with E-state index in [1.807, 2.05) is 0 Å². The first-order chi connectivity index (χ1) is 11.5. The zero-order valence-corrected chi connectivity index (χ0v) is 13.5. The van der Waals surface area contributed by atoms with Crippen LogP contribution in [-0.2, 0) is 14.3 Å². The van der Waals surface area contributed by atoms with Gasteiger partial charge in [-0.15, -0.1) is 0 Å². The molecule has 10 heteroatoms. The number of benzene rings is 2. The Morgan fingerprint density at radius 3 is 2.00 bits per heavy atom. The summed E-state index contributed by atoms with van der Waals surface area (Å²) in [6.45, 7) is 1.69. The summed E-state index contributed by atoms with van der Waals surface area (Å²) < 4.78 is 68.4. The van der Waals surface area contributed by atoms with E-state index < -0.39 is 43.5 Å². The van der Waals surface area contributed by atoms with Gasteiger partial charge in [-0.1, -0.05) is 17.7 Å². The molecule has 0 spiro atoms. The highest BCUT2D eigenvalue weighted by Gasteiger charge is 2.45. The second kappa shape index (κ2) is 6.81. The zero-order chi connectivity index (χ0) is 18.8. The van der Waals surface area contributed by atoms with Crippen molar-refractivity contribution in [1.82, 2.24) is 0 Å². The van der Waals surface area contributed by atoms with E-state index in [-0.39, 0.29) is 0 Å². The first kappa shape index (κ1) is 18.9. The largest absolute Gasteiger partial charge is 0.420 e. The van der Waals surface area contributed by atoms with Crippen molar-refractivity contribution >= 4 is 15.8 Å². The van der Waals surface area contributed by atoms with Crippen LogP contribution in [0.15, 0.2) is 53.4 Å². The predicted octanol–water partition coefficient (Wildman–Crippen LogP) is 3.91. The first-order valence-corrected chi connectivity index (χ1v) is 8.22. The van der Waals surface area contributed by atoms with Crippen LogP contribution >= 0.6 is 0 Å². The van der Waals surface area contributed by atoms with Gasteiger partial charge in [0.1, 0.15) is 0 Å². The molecule has 0 aliphatic rings. The van der Waals surface area contributed by atoms with E-state index in [0.717, 1.165) is 42.0 Å².